The van der Waals surface area contributed by atoms with E-state index in [1.165, 1.54) is 12.1 Å². The molecule has 0 saturated carbocycles. The maximum Gasteiger partial charge on any atom is 0.229 e. The van der Waals surface area contributed by atoms with Crippen LogP contribution in [0, 0.1) is 0 Å². The Morgan fingerprint density at radius 2 is 1.75 bits per heavy atom. The Morgan fingerprint density at radius 1 is 1.08 bits per heavy atom. The van der Waals surface area contributed by atoms with E-state index in [1.54, 1.807) is 12.1 Å². The Labute approximate surface area is 139 Å². The average molecular weight is 344 g/mol. The van der Waals surface area contributed by atoms with Gasteiger partial charge in [-0.15, -0.1) is 0 Å². The summed E-state index contributed by atoms with van der Waals surface area (Å²) in [5.74, 6) is 0.666. The van der Waals surface area contributed by atoms with Gasteiger partial charge < -0.3 is 9.63 Å². The molecule has 3 rings (SSSR count). The predicted molar refractivity (Wildman–Crippen MR) is 87.9 cm³/mol. The van der Waals surface area contributed by atoms with Gasteiger partial charge in [0.15, 0.2) is 9.84 Å². The van der Waals surface area contributed by atoms with Crippen LogP contribution in [-0.2, 0) is 16.3 Å². The van der Waals surface area contributed by atoms with Gasteiger partial charge in [-0.05, 0) is 29.8 Å². The van der Waals surface area contributed by atoms with Crippen LogP contribution in [0.4, 0.5) is 0 Å². The van der Waals surface area contributed by atoms with Crippen molar-refractivity contribution in [2.45, 2.75) is 17.4 Å². The van der Waals surface area contributed by atoms with Crippen molar-refractivity contribution in [2.24, 2.45) is 0 Å². The van der Waals surface area contributed by atoms with E-state index < -0.39 is 15.9 Å². The fraction of sp³-hybridized carbons (Fsp3) is 0.176. The second-order valence-corrected chi connectivity index (χ2v) is 7.45. The van der Waals surface area contributed by atoms with Gasteiger partial charge in [-0.25, -0.2) is 8.42 Å². The molecule has 0 saturated heterocycles. The summed E-state index contributed by atoms with van der Waals surface area (Å²) in [6.45, 7) is 0. The molecule has 1 heterocycles. The SMILES string of the molecule is CS(=O)(=O)c1ccc(-c2noc(CC(O)c3ccccc3)n2)cc1. The minimum absolute atomic E-state index is 0.207. The third-order valence-corrected chi connectivity index (χ3v) is 4.69. The standard InChI is InChI=1S/C17H16N2O4S/c1-24(21,22)14-9-7-13(8-10-14)17-18-16(23-19-17)11-15(20)12-5-3-2-4-6-12/h2-10,15,20H,11H2,1H3. The van der Waals surface area contributed by atoms with Crippen molar-refractivity contribution in [1.82, 2.24) is 10.1 Å². The molecule has 1 aromatic heterocycles. The number of benzene rings is 2. The highest BCUT2D eigenvalue weighted by molar-refractivity contribution is 7.90. The summed E-state index contributed by atoms with van der Waals surface area (Å²) in [4.78, 5) is 4.48. The van der Waals surface area contributed by atoms with Gasteiger partial charge in [0.05, 0.1) is 17.4 Å². The monoisotopic (exact) mass is 344 g/mol. The summed E-state index contributed by atoms with van der Waals surface area (Å²) in [5.41, 5.74) is 1.42. The Morgan fingerprint density at radius 3 is 2.38 bits per heavy atom. The van der Waals surface area contributed by atoms with Gasteiger partial charge in [0, 0.05) is 11.8 Å². The maximum absolute atomic E-state index is 11.5. The van der Waals surface area contributed by atoms with Crippen molar-refractivity contribution >= 4 is 9.84 Å². The molecule has 24 heavy (non-hydrogen) atoms. The normalized spacial score (nSPS) is 12.9. The fourth-order valence-corrected chi connectivity index (χ4v) is 2.90. The van der Waals surface area contributed by atoms with Crippen LogP contribution in [0.25, 0.3) is 11.4 Å². The average Bonchev–Trinajstić information content (AvgIpc) is 3.03. The number of hydrogen-bond acceptors (Lipinski definition) is 6. The quantitative estimate of drug-likeness (QED) is 0.764. The van der Waals surface area contributed by atoms with Crippen LogP contribution in [0.1, 0.15) is 17.6 Å². The molecule has 0 bridgehead atoms. The maximum atomic E-state index is 11.5. The van der Waals surface area contributed by atoms with Crippen molar-refractivity contribution in [3.05, 3.63) is 66.1 Å². The first-order chi connectivity index (χ1) is 11.4. The van der Waals surface area contributed by atoms with Crippen LogP contribution in [-0.4, -0.2) is 29.9 Å². The summed E-state index contributed by atoms with van der Waals surface area (Å²) in [6.07, 6.45) is 0.629. The van der Waals surface area contributed by atoms with Gasteiger partial charge >= 0.3 is 0 Å². The van der Waals surface area contributed by atoms with Gasteiger partial charge in [-0.3, -0.25) is 0 Å². The molecule has 1 unspecified atom stereocenters. The molecule has 7 heteroatoms. The lowest BCUT2D eigenvalue weighted by molar-refractivity contribution is 0.165. The fourth-order valence-electron chi connectivity index (χ4n) is 2.26. The van der Waals surface area contributed by atoms with Gasteiger partial charge in [0.2, 0.25) is 11.7 Å². The van der Waals surface area contributed by atoms with E-state index >= 15 is 0 Å². The zero-order valence-electron chi connectivity index (χ0n) is 13.0. The minimum atomic E-state index is -3.24. The lowest BCUT2D eigenvalue weighted by Gasteiger charge is -2.07. The van der Waals surface area contributed by atoms with Crippen LogP contribution in [0.5, 0.6) is 0 Å². The number of aromatic nitrogens is 2. The number of rotatable bonds is 5. The van der Waals surface area contributed by atoms with E-state index in [0.29, 0.717) is 17.3 Å². The van der Waals surface area contributed by atoms with Gasteiger partial charge in [0.25, 0.3) is 0 Å². The first kappa shape index (κ1) is 16.4. The number of hydrogen-bond donors (Lipinski definition) is 1. The van der Waals surface area contributed by atoms with Gasteiger partial charge in [0.1, 0.15) is 0 Å². The van der Waals surface area contributed by atoms with E-state index in [4.69, 9.17) is 4.52 Å². The highest BCUT2D eigenvalue weighted by Crippen LogP contribution is 2.21. The van der Waals surface area contributed by atoms with Crippen molar-refractivity contribution in [3.8, 4) is 11.4 Å². The predicted octanol–water partition coefficient (Wildman–Crippen LogP) is 2.42. The van der Waals surface area contributed by atoms with Crippen molar-refractivity contribution in [1.29, 1.82) is 0 Å². The highest BCUT2D eigenvalue weighted by atomic mass is 32.2. The summed E-state index contributed by atoms with van der Waals surface area (Å²) in [5, 5.41) is 14.1. The molecular weight excluding hydrogens is 328 g/mol. The zero-order chi connectivity index (χ0) is 17.2. The molecule has 6 nitrogen and oxygen atoms in total. The van der Waals surface area contributed by atoms with Crippen LogP contribution in [0.2, 0.25) is 0 Å². The third-order valence-electron chi connectivity index (χ3n) is 3.56. The molecule has 1 atom stereocenters. The summed E-state index contributed by atoms with van der Waals surface area (Å²) in [6, 6.07) is 15.5. The van der Waals surface area contributed by atoms with Gasteiger partial charge in [-0.1, -0.05) is 35.5 Å². The van der Waals surface area contributed by atoms with Crippen molar-refractivity contribution in [2.75, 3.05) is 6.26 Å². The van der Waals surface area contributed by atoms with E-state index in [2.05, 4.69) is 10.1 Å². The molecular formula is C17H16N2O4S. The van der Waals surface area contributed by atoms with Crippen LogP contribution < -0.4 is 0 Å². The molecule has 0 aliphatic rings. The molecule has 3 aromatic rings. The Balaban J connectivity index is 1.76. The van der Waals surface area contributed by atoms with Crippen molar-refractivity contribution in [3.63, 3.8) is 0 Å². The summed E-state index contributed by atoms with van der Waals surface area (Å²) in [7, 11) is -3.24. The summed E-state index contributed by atoms with van der Waals surface area (Å²) >= 11 is 0. The topological polar surface area (TPSA) is 93.3 Å². The molecule has 124 valence electrons. The molecule has 0 radical (unpaired) electrons. The lowest BCUT2D eigenvalue weighted by atomic mass is 10.1. The van der Waals surface area contributed by atoms with E-state index in [9.17, 15) is 13.5 Å². The first-order valence-corrected chi connectivity index (χ1v) is 9.19. The Bertz CT molecular complexity index is 919. The zero-order valence-corrected chi connectivity index (χ0v) is 13.8. The van der Waals surface area contributed by atoms with Crippen molar-refractivity contribution < 1.29 is 18.0 Å². The van der Waals surface area contributed by atoms with Gasteiger partial charge in [-0.2, -0.15) is 4.98 Å². The number of aliphatic hydroxyl groups excluding tert-OH is 1. The number of nitrogens with zero attached hydrogens (tertiary/aromatic N) is 2. The smallest absolute Gasteiger partial charge is 0.229 e. The molecule has 0 spiro atoms. The Kier molecular flexibility index (Phi) is 4.46. The highest BCUT2D eigenvalue weighted by Gasteiger charge is 2.15. The molecule has 0 fully saturated rings. The molecule has 1 N–H and O–H groups in total. The number of aliphatic hydroxyl groups is 1. The molecule has 0 aliphatic carbocycles. The van der Waals surface area contributed by atoms with Crippen LogP contribution in [0.15, 0.2) is 64.0 Å². The van der Waals surface area contributed by atoms with E-state index in [0.717, 1.165) is 11.8 Å². The summed E-state index contributed by atoms with van der Waals surface area (Å²) < 4.78 is 28.1. The minimum Gasteiger partial charge on any atom is -0.388 e. The van der Waals surface area contributed by atoms with E-state index in [-0.39, 0.29) is 11.3 Å². The van der Waals surface area contributed by atoms with E-state index in [1.807, 2.05) is 30.3 Å². The largest absolute Gasteiger partial charge is 0.388 e. The second kappa shape index (κ2) is 6.54. The number of sulfone groups is 1. The second-order valence-electron chi connectivity index (χ2n) is 5.44. The molecule has 0 aliphatic heterocycles. The first-order valence-electron chi connectivity index (χ1n) is 7.29. The van der Waals surface area contributed by atoms with Crippen LogP contribution >= 0.6 is 0 Å². The molecule has 2 aromatic carbocycles. The van der Waals surface area contributed by atoms with Crippen LogP contribution in [0.3, 0.4) is 0 Å². The lowest BCUT2D eigenvalue weighted by Crippen LogP contribution is -2.01. The Hall–Kier alpha value is -2.51. The third kappa shape index (κ3) is 3.69. The molecule has 0 amide bonds.